The lowest BCUT2D eigenvalue weighted by Crippen LogP contribution is -2.08. The van der Waals surface area contributed by atoms with Gasteiger partial charge >= 0.3 is 0 Å². The molecule has 1 aromatic rings. The molecule has 0 unspecified atom stereocenters. The van der Waals surface area contributed by atoms with Gasteiger partial charge in [0.05, 0.1) is 5.69 Å². The number of benzene rings is 1. The molecule has 1 amide bonds. The molecule has 84 valence electrons. The number of amides is 1. The molecule has 17 heavy (non-hydrogen) atoms. The zero-order chi connectivity index (χ0) is 12.8. The summed E-state index contributed by atoms with van der Waals surface area (Å²) in [6.07, 6.45) is 0. The molecule has 1 rings (SSSR count). The molecule has 0 atom stereocenters. The lowest BCUT2D eigenvalue weighted by molar-refractivity contribution is -0.114. The van der Waals surface area contributed by atoms with E-state index < -0.39 is 11.3 Å². The van der Waals surface area contributed by atoms with E-state index in [-0.39, 0.29) is 11.5 Å². The van der Waals surface area contributed by atoms with E-state index in [9.17, 15) is 9.90 Å². The van der Waals surface area contributed by atoms with Crippen LogP contribution in [0.15, 0.2) is 29.8 Å². The van der Waals surface area contributed by atoms with Gasteiger partial charge in [-0.15, -0.1) is 0 Å². The SMILES string of the molecule is CC(=O)Nc1ccccc1C(O)=C(C#N)C#N. The fraction of sp³-hybridized carbons (Fsp3) is 0.0833. The van der Waals surface area contributed by atoms with Gasteiger partial charge < -0.3 is 10.4 Å². The molecule has 0 saturated carbocycles. The molecule has 5 nitrogen and oxygen atoms in total. The molecular formula is C12H9N3O2. The topological polar surface area (TPSA) is 96.9 Å². The van der Waals surface area contributed by atoms with E-state index in [1.165, 1.54) is 13.0 Å². The van der Waals surface area contributed by atoms with Crippen LogP contribution in [0.25, 0.3) is 5.76 Å². The van der Waals surface area contributed by atoms with Crippen LogP contribution in [-0.2, 0) is 4.79 Å². The van der Waals surface area contributed by atoms with Crippen LogP contribution < -0.4 is 5.32 Å². The first-order valence-corrected chi connectivity index (χ1v) is 4.70. The van der Waals surface area contributed by atoms with Gasteiger partial charge in [0.2, 0.25) is 5.91 Å². The van der Waals surface area contributed by atoms with Crippen LogP contribution in [0.5, 0.6) is 0 Å². The standard InChI is InChI=1S/C12H9N3O2/c1-8(16)15-11-5-3-2-4-10(11)12(17)9(6-13)7-14/h2-5,17H,1H3,(H,15,16). The molecule has 0 aromatic heterocycles. The van der Waals surface area contributed by atoms with E-state index in [1.807, 2.05) is 0 Å². The van der Waals surface area contributed by atoms with Gasteiger partial charge in [0.25, 0.3) is 0 Å². The van der Waals surface area contributed by atoms with E-state index in [0.29, 0.717) is 5.69 Å². The number of nitrogens with one attached hydrogen (secondary N) is 1. The van der Waals surface area contributed by atoms with Gasteiger partial charge in [0.15, 0.2) is 11.3 Å². The number of anilines is 1. The Morgan fingerprint density at radius 3 is 2.41 bits per heavy atom. The minimum Gasteiger partial charge on any atom is -0.505 e. The molecule has 0 aliphatic rings. The largest absolute Gasteiger partial charge is 0.505 e. The number of carbonyl (C=O) groups is 1. The molecule has 0 radical (unpaired) electrons. The molecule has 1 aromatic carbocycles. The molecule has 0 aliphatic carbocycles. The first kappa shape index (κ1) is 12.3. The lowest BCUT2D eigenvalue weighted by Gasteiger charge is -2.08. The van der Waals surface area contributed by atoms with Crippen molar-refractivity contribution in [1.82, 2.24) is 0 Å². The van der Waals surface area contributed by atoms with E-state index >= 15 is 0 Å². The van der Waals surface area contributed by atoms with Crippen LogP contribution in [0.1, 0.15) is 12.5 Å². The van der Waals surface area contributed by atoms with Crippen molar-refractivity contribution in [2.75, 3.05) is 5.32 Å². The van der Waals surface area contributed by atoms with Crippen LogP contribution in [0.4, 0.5) is 5.69 Å². The van der Waals surface area contributed by atoms with Crippen LogP contribution in [0.3, 0.4) is 0 Å². The summed E-state index contributed by atoms with van der Waals surface area (Å²) in [5, 5.41) is 29.6. The van der Waals surface area contributed by atoms with Gasteiger partial charge in [-0.2, -0.15) is 10.5 Å². The Balaban J connectivity index is 3.33. The van der Waals surface area contributed by atoms with Gasteiger partial charge in [0.1, 0.15) is 12.1 Å². The smallest absolute Gasteiger partial charge is 0.221 e. The summed E-state index contributed by atoms with van der Waals surface area (Å²) in [4.78, 5) is 11.0. The van der Waals surface area contributed by atoms with Crippen LogP contribution in [-0.4, -0.2) is 11.0 Å². The maximum Gasteiger partial charge on any atom is 0.221 e. The van der Waals surface area contributed by atoms with Crippen LogP contribution in [0.2, 0.25) is 0 Å². The molecular weight excluding hydrogens is 218 g/mol. The average Bonchev–Trinajstić information content (AvgIpc) is 2.30. The molecule has 0 fully saturated rings. The normalized spacial score (nSPS) is 8.65. The maximum atomic E-state index is 11.0. The highest BCUT2D eigenvalue weighted by Crippen LogP contribution is 2.24. The summed E-state index contributed by atoms with van der Waals surface area (Å²) in [6, 6.07) is 9.55. The zero-order valence-electron chi connectivity index (χ0n) is 9.06. The van der Waals surface area contributed by atoms with Crippen molar-refractivity contribution < 1.29 is 9.90 Å². The van der Waals surface area contributed by atoms with Crippen molar-refractivity contribution in [2.45, 2.75) is 6.92 Å². The Morgan fingerprint density at radius 2 is 1.88 bits per heavy atom. The second-order valence-corrected chi connectivity index (χ2v) is 3.17. The second-order valence-electron chi connectivity index (χ2n) is 3.17. The lowest BCUT2D eigenvalue weighted by atomic mass is 10.1. The number of aliphatic hydroxyl groups is 1. The molecule has 5 heteroatoms. The number of allylic oxidation sites excluding steroid dienone is 1. The number of hydrogen-bond donors (Lipinski definition) is 2. The van der Waals surface area contributed by atoms with Crippen LogP contribution in [0, 0.1) is 22.7 Å². The molecule has 0 bridgehead atoms. The summed E-state index contributed by atoms with van der Waals surface area (Å²) in [7, 11) is 0. The number of aliphatic hydroxyl groups excluding tert-OH is 1. The summed E-state index contributed by atoms with van der Waals surface area (Å²) in [5.41, 5.74) is 0.184. The molecule has 0 aliphatic heterocycles. The van der Waals surface area contributed by atoms with E-state index in [4.69, 9.17) is 10.5 Å². The predicted molar refractivity (Wildman–Crippen MR) is 61.5 cm³/mol. The van der Waals surface area contributed by atoms with Crippen molar-refractivity contribution in [3.05, 3.63) is 35.4 Å². The molecule has 0 spiro atoms. The number of rotatable bonds is 2. The second kappa shape index (κ2) is 5.34. The Bertz CT molecular complexity index is 546. The van der Waals surface area contributed by atoms with Gasteiger partial charge in [0, 0.05) is 12.5 Å². The highest BCUT2D eigenvalue weighted by atomic mass is 16.3. The fourth-order valence-electron chi connectivity index (χ4n) is 1.25. The predicted octanol–water partition coefficient (Wildman–Crippen LogP) is 1.96. The van der Waals surface area contributed by atoms with Crippen molar-refractivity contribution in [1.29, 1.82) is 10.5 Å². The Kier molecular flexibility index (Phi) is 3.86. The average molecular weight is 227 g/mol. The Morgan fingerprint density at radius 1 is 1.29 bits per heavy atom. The summed E-state index contributed by atoms with van der Waals surface area (Å²) < 4.78 is 0. The number of para-hydroxylation sites is 1. The summed E-state index contributed by atoms with van der Waals surface area (Å²) in [6.45, 7) is 1.33. The minimum absolute atomic E-state index is 0.237. The minimum atomic E-state index is -0.445. The first-order valence-electron chi connectivity index (χ1n) is 4.70. The maximum absolute atomic E-state index is 11.0. The monoisotopic (exact) mass is 227 g/mol. The third kappa shape index (κ3) is 2.83. The Labute approximate surface area is 98.2 Å². The molecule has 0 saturated heterocycles. The number of hydrogen-bond acceptors (Lipinski definition) is 4. The molecule has 0 heterocycles. The van der Waals surface area contributed by atoms with Crippen molar-refractivity contribution >= 4 is 17.4 Å². The van der Waals surface area contributed by atoms with E-state index in [1.54, 1.807) is 30.3 Å². The number of nitrogens with zero attached hydrogens (tertiary/aromatic N) is 2. The van der Waals surface area contributed by atoms with Crippen molar-refractivity contribution in [3.8, 4) is 12.1 Å². The highest BCUT2D eigenvalue weighted by Gasteiger charge is 2.12. The van der Waals surface area contributed by atoms with E-state index in [0.717, 1.165) is 0 Å². The van der Waals surface area contributed by atoms with Crippen molar-refractivity contribution in [2.24, 2.45) is 0 Å². The number of nitriles is 2. The third-order valence-corrected chi connectivity index (χ3v) is 1.95. The van der Waals surface area contributed by atoms with Crippen molar-refractivity contribution in [3.63, 3.8) is 0 Å². The summed E-state index contributed by atoms with van der Waals surface area (Å²) >= 11 is 0. The Hall–Kier alpha value is -2.79. The van der Waals surface area contributed by atoms with Crippen LogP contribution >= 0.6 is 0 Å². The van der Waals surface area contributed by atoms with E-state index in [2.05, 4.69) is 5.32 Å². The third-order valence-electron chi connectivity index (χ3n) is 1.95. The first-order chi connectivity index (χ1) is 8.10. The molecule has 2 N–H and O–H groups in total. The van der Waals surface area contributed by atoms with Gasteiger partial charge in [-0.3, -0.25) is 4.79 Å². The quantitative estimate of drug-likeness (QED) is 0.596. The zero-order valence-corrected chi connectivity index (χ0v) is 9.06. The number of carbonyl (C=O) groups excluding carboxylic acids is 1. The highest BCUT2D eigenvalue weighted by molar-refractivity contribution is 5.92. The van der Waals surface area contributed by atoms with Gasteiger partial charge in [-0.1, -0.05) is 12.1 Å². The van der Waals surface area contributed by atoms with Gasteiger partial charge in [-0.25, -0.2) is 0 Å². The summed E-state index contributed by atoms with van der Waals surface area (Å²) in [5.74, 6) is -0.750. The van der Waals surface area contributed by atoms with Gasteiger partial charge in [-0.05, 0) is 12.1 Å². The fourth-order valence-corrected chi connectivity index (χ4v) is 1.25.